The van der Waals surface area contributed by atoms with Gasteiger partial charge in [0, 0.05) is 0 Å². The van der Waals surface area contributed by atoms with E-state index in [1.165, 1.54) is 11.1 Å². The fourth-order valence-corrected chi connectivity index (χ4v) is 3.19. The molecular formula is C18H19NO. The first-order chi connectivity index (χ1) is 9.90. The van der Waals surface area contributed by atoms with Crippen molar-refractivity contribution in [3.05, 3.63) is 71.8 Å². The van der Waals surface area contributed by atoms with E-state index in [0.29, 0.717) is 0 Å². The fraction of sp³-hybridized carbons (Fsp3) is 0.278. The molecule has 1 amide bonds. The van der Waals surface area contributed by atoms with Crippen LogP contribution in [0.25, 0.3) is 0 Å². The zero-order valence-electron chi connectivity index (χ0n) is 11.5. The number of carbonyl (C=O) groups is 1. The van der Waals surface area contributed by atoms with E-state index < -0.39 is 0 Å². The number of amides is 1. The Labute approximate surface area is 120 Å². The summed E-state index contributed by atoms with van der Waals surface area (Å²) >= 11 is 0. The Kier molecular flexibility index (Phi) is 3.82. The van der Waals surface area contributed by atoms with Gasteiger partial charge in [-0.15, -0.1) is 0 Å². The van der Waals surface area contributed by atoms with Crippen LogP contribution >= 0.6 is 0 Å². The van der Waals surface area contributed by atoms with Gasteiger partial charge in [-0.1, -0.05) is 60.7 Å². The lowest BCUT2D eigenvalue weighted by molar-refractivity contribution is -0.125. The second kappa shape index (κ2) is 5.91. The van der Waals surface area contributed by atoms with Crippen molar-refractivity contribution in [2.24, 2.45) is 0 Å². The normalized spacial score (nSPS) is 22.5. The highest BCUT2D eigenvalue weighted by Gasteiger charge is 2.31. The summed E-state index contributed by atoms with van der Waals surface area (Å²) < 4.78 is 0. The van der Waals surface area contributed by atoms with Gasteiger partial charge in [0.15, 0.2) is 0 Å². The third-order valence-electron chi connectivity index (χ3n) is 4.17. The Hall–Kier alpha value is -2.09. The minimum atomic E-state index is 0.202. The zero-order valence-corrected chi connectivity index (χ0v) is 11.5. The highest BCUT2D eigenvalue weighted by atomic mass is 16.1. The Morgan fingerprint density at radius 3 is 1.65 bits per heavy atom. The lowest BCUT2D eigenvalue weighted by Crippen LogP contribution is -2.35. The third-order valence-corrected chi connectivity index (χ3v) is 4.17. The number of piperidine rings is 1. The van der Waals surface area contributed by atoms with Gasteiger partial charge >= 0.3 is 0 Å². The molecule has 1 aliphatic rings. The maximum Gasteiger partial charge on any atom is 0.210 e. The van der Waals surface area contributed by atoms with E-state index in [4.69, 9.17) is 0 Å². The molecule has 1 aliphatic heterocycles. The number of hydrogen-bond acceptors (Lipinski definition) is 1. The van der Waals surface area contributed by atoms with Crippen molar-refractivity contribution < 1.29 is 4.79 Å². The Balaban J connectivity index is 1.92. The molecule has 1 heterocycles. The van der Waals surface area contributed by atoms with Gasteiger partial charge in [0.25, 0.3) is 0 Å². The van der Waals surface area contributed by atoms with Crippen molar-refractivity contribution >= 4 is 6.41 Å². The van der Waals surface area contributed by atoms with Crippen LogP contribution in [-0.2, 0) is 4.79 Å². The molecule has 0 unspecified atom stereocenters. The molecule has 0 aliphatic carbocycles. The van der Waals surface area contributed by atoms with Crippen LogP contribution < -0.4 is 0 Å². The summed E-state index contributed by atoms with van der Waals surface area (Å²) in [6, 6.07) is 21.1. The smallest absolute Gasteiger partial charge is 0.210 e. The summed E-state index contributed by atoms with van der Waals surface area (Å²) in [6.45, 7) is 0. The van der Waals surface area contributed by atoms with E-state index in [1.807, 2.05) is 41.3 Å². The second-order valence-corrected chi connectivity index (χ2v) is 5.34. The number of carbonyl (C=O) groups excluding carboxylic acids is 1. The SMILES string of the molecule is O=CN1[C@@H](c2ccccc2)CCC[C@H]1c1ccccc1. The van der Waals surface area contributed by atoms with E-state index >= 15 is 0 Å². The molecule has 20 heavy (non-hydrogen) atoms. The summed E-state index contributed by atoms with van der Waals surface area (Å²) in [5.74, 6) is 0. The third kappa shape index (κ3) is 2.46. The lowest BCUT2D eigenvalue weighted by Gasteiger charge is -2.40. The molecule has 3 rings (SSSR count). The topological polar surface area (TPSA) is 20.3 Å². The minimum Gasteiger partial charge on any atom is -0.331 e. The number of hydrogen-bond donors (Lipinski definition) is 0. The van der Waals surface area contributed by atoms with Crippen molar-refractivity contribution in [1.82, 2.24) is 4.90 Å². The van der Waals surface area contributed by atoms with Crippen LogP contribution in [0.2, 0.25) is 0 Å². The number of rotatable bonds is 3. The molecule has 2 aromatic rings. The number of likely N-dealkylation sites (tertiary alicyclic amines) is 1. The van der Waals surface area contributed by atoms with Crippen LogP contribution in [0.1, 0.15) is 42.5 Å². The van der Waals surface area contributed by atoms with Crippen LogP contribution in [0.3, 0.4) is 0 Å². The van der Waals surface area contributed by atoms with Crippen LogP contribution in [0.5, 0.6) is 0 Å². The maximum absolute atomic E-state index is 11.7. The predicted octanol–water partition coefficient (Wildman–Crippen LogP) is 4.11. The largest absolute Gasteiger partial charge is 0.331 e. The zero-order chi connectivity index (χ0) is 13.8. The first-order valence-electron chi connectivity index (χ1n) is 7.23. The second-order valence-electron chi connectivity index (χ2n) is 5.34. The van der Waals surface area contributed by atoms with Crippen LogP contribution in [0.4, 0.5) is 0 Å². The molecule has 0 spiro atoms. The molecule has 1 saturated heterocycles. The van der Waals surface area contributed by atoms with E-state index in [2.05, 4.69) is 24.3 Å². The molecule has 1 fully saturated rings. The van der Waals surface area contributed by atoms with Gasteiger partial charge in [0.1, 0.15) is 0 Å². The summed E-state index contributed by atoms with van der Waals surface area (Å²) in [5.41, 5.74) is 2.47. The molecular weight excluding hydrogens is 246 g/mol. The molecule has 0 saturated carbocycles. The van der Waals surface area contributed by atoms with Gasteiger partial charge in [-0.05, 0) is 30.4 Å². The molecule has 2 nitrogen and oxygen atoms in total. The van der Waals surface area contributed by atoms with Crippen LogP contribution in [-0.4, -0.2) is 11.3 Å². The first-order valence-corrected chi connectivity index (χ1v) is 7.23. The molecule has 2 heteroatoms. The van der Waals surface area contributed by atoms with E-state index in [0.717, 1.165) is 25.7 Å². The highest BCUT2D eigenvalue weighted by Crippen LogP contribution is 2.40. The van der Waals surface area contributed by atoms with Crippen molar-refractivity contribution in [2.75, 3.05) is 0 Å². The molecule has 0 radical (unpaired) electrons. The number of nitrogens with zero attached hydrogens (tertiary/aromatic N) is 1. The number of benzene rings is 2. The van der Waals surface area contributed by atoms with Gasteiger partial charge in [-0.25, -0.2) is 0 Å². The van der Waals surface area contributed by atoms with Crippen molar-refractivity contribution in [3.8, 4) is 0 Å². The lowest BCUT2D eigenvalue weighted by atomic mass is 9.88. The molecule has 2 atom stereocenters. The Morgan fingerprint density at radius 1 is 0.800 bits per heavy atom. The standard InChI is InChI=1S/C18H19NO/c20-14-19-17(15-8-3-1-4-9-15)12-7-13-18(19)16-10-5-2-6-11-16/h1-6,8-11,14,17-18H,7,12-13H2/t17-,18+. The van der Waals surface area contributed by atoms with Gasteiger partial charge in [-0.2, -0.15) is 0 Å². The monoisotopic (exact) mass is 265 g/mol. The predicted molar refractivity (Wildman–Crippen MR) is 80.1 cm³/mol. The summed E-state index contributed by atoms with van der Waals surface area (Å²) in [6.07, 6.45) is 4.27. The highest BCUT2D eigenvalue weighted by molar-refractivity contribution is 5.51. The average Bonchev–Trinajstić information content (AvgIpc) is 2.55. The average molecular weight is 265 g/mol. The Bertz CT molecular complexity index is 505. The van der Waals surface area contributed by atoms with Crippen molar-refractivity contribution in [3.63, 3.8) is 0 Å². The van der Waals surface area contributed by atoms with Gasteiger partial charge in [0.05, 0.1) is 12.1 Å². The van der Waals surface area contributed by atoms with Crippen molar-refractivity contribution in [1.29, 1.82) is 0 Å². The van der Waals surface area contributed by atoms with E-state index in [9.17, 15) is 4.79 Å². The van der Waals surface area contributed by atoms with Crippen LogP contribution in [0, 0.1) is 0 Å². The molecule has 102 valence electrons. The van der Waals surface area contributed by atoms with Gasteiger partial charge in [-0.3, -0.25) is 4.79 Å². The molecule has 0 aromatic heterocycles. The van der Waals surface area contributed by atoms with Gasteiger partial charge < -0.3 is 4.90 Å². The summed E-state index contributed by atoms with van der Waals surface area (Å²) in [5, 5.41) is 0. The summed E-state index contributed by atoms with van der Waals surface area (Å²) in [7, 11) is 0. The molecule has 0 bridgehead atoms. The minimum absolute atomic E-state index is 0.202. The van der Waals surface area contributed by atoms with Crippen LogP contribution in [0.15, 0.2) is 60.7 Å². The first kappa shape index (κ1) is 12.9. The van der Waals surface area contributed by atoms with Gasteiger partial charge in [0.2, 0.25) is 6.41 Å². The fourth-order valence-electron chi connectivity index (χ4n) is 3.19. The molecule has 2 aromatic carbocycles. The quantitative estimate of drug-likeness (QED) is 0.765. The summed E-state index contributed by atoms with van der Waals surface area (Å²) in [4.78, 5) is 13.6. The Morgan fingerprint density at radius 2 is 1.25 bits per heavy atom. The molecule has 0 N–H and O–H groups in total. The maximum atomic E-state index is 11.7. The van der Waals surface area contributed by atoms with Crippen molar-refractivity contribution in [2.45, 2.75) is 31.3 Å². The van der Waals surface area contributed by atoms with E-state index in [1.54, 1.807) is 0 Å². The van der Waals surface area contributed by atoms with E-state index in [-0.39, 0.29) is 12.1 Å².